The third-order valence-electron chi connectivity index (χ3n) is 21.9. The Morgan fingerprint density at radius 2 is 0.795 bits per heavy atom. The lowest BCUT2D eigenvalue weighted by Crippen LogP contribution is -2.67. The van der Waals surface area contributed by atoms with Crippen LogP contribution in [0.4, 0.5) is 0 Å². The minimum Gasteiger partial charge on any atom is -0.462 e. The third-order valence-corrected chi connectivity index (χ3v) is 105. The van der Waals surface area contributed by atoms with E-state index in [1.54, 1.807) is 27.7 Å². The molecule has 117 heavy (non-hydrogen) atoms. The van der Waals surface area contributed by atoms with Gasteiger partial charge in [-0.1, -0.05) is 64.8 Å². The molecule has 678 valence electrons. The highest BCUT2D eigenvalue weighted by Gasteiger charge is 2.60. The van der Waals surface area contributed by atoms with Gasteiger partial charge in [0.1, 0.15) is 0 Å². The molecular formula is C72H160O25Si20. The summed E-state index contributed by atoms with van der Waals surface area (Å²) in [7, 11) is -50.1. The Hall–Kier alpha value is 0.498. The molecule has 0 aromatic rings. The first kappa shape index (κ1) is 108. The number of hydrogen-bond acceptors (Lipinski definition) is 25. The summed E-state index contributed by atoms with van der Waals surface area (Å²) in [6, 6.07) is 14.8. The molecule has 0 N–H and O–H groups in total. The Balaban J connectivity index is 1.32. The number of hydrogen-bond donors (Lipinski definition) is 0. The summed E-state index contributed by atoms with van der Waals surface area (Å²) in [4.78, 5) is 49.4. The minimum atomic E-state index is -3.12. The number of esters is 4. The van der Waals surface area contributed by atoms with E-state index in [1.165, 1.54) is 0 Å². The average molecular weight is 1990 g/mol. The summed E-state index contributed by atoms with van der Waals surface area (Å²) in [5.74, 6) is -1.52. The Labute approximate surface area is 732 Å². The topological polar surface area (TPSA) is 262 Å². The Morgan fingerprint density at radius 1 is 0.393 bits per heavy atom. The summed E-state index contributed by atoms with van der Waals surface area (Å²) >= 11 is 0. The van der Waals surface area contributed by atoms with Crippen LogP contribution >= 0.6 is 0 Å². The minimum absolute atomic E-state index is 0.272. The summed E-state index contributed by atoms with van der Waals surface area (Å²) < 4.78 is 148. The number of carbonyl (C=O) groups excluding carboxylic acids is 4. The lowest BCUT2D eigenvalue weighted by Gasteiger charge is -2.50. The van der Waals surface area contributed by atoms with Crippen molar-refractivity contribution in [1.82, 2.24) is 0 Å². The van der Waals surface area contributed by atoms with Crippen molar-refractivity contribution in [2.45, 2.75) is 358 Å². The molecular weight excluding hydrogens is 1830 g/mol. The second kappa shape index (κ2) is 46.7. The van der Waals surface area contributed by atoms with Gasteiger partial charge in [-0.15, -0.1) is 0 Å². The van der Waals surface area contributed by atoms with Gasteiger partial charge in [0, 0.05) is 22.3 Å². The first-order chi connectivity index (χ1) is 53.8. The fraction of sp³-hybridized carbons (Fsp3) is 0.833. The summed E-state index contributed by atoms with van der Waals surface area (Å²) in [5.41, 5.74) is 1.53. The monoisotopic (exact) mass is 1980 g/mol. The maximum Gasteiger partial charge on any atom is 0.333 e. The normalized spacial score (nSPS) is 31.1. The van der Waals surface area contributed by atoms with Gasteiger partial charge in [0.15, 0.2) is 51.4 Å². The van der Waals surface area contributed by atoms with Crippen molar-refractivity contribution in [3.05, 3.63) is 48.6 Å². The fourth-order valence-electron chi connectivity index (χ4n) is 16.5. The molecule has 0 amide bonds. The van der Waals surface area contributed by atoms with Crippen molar-refractivity contribution >= 4 is 198 Å². The summed E-state index contributed by atoms with van der Waals surface area (Å²) in [5, 5.41) is 0. The van der Waals surface area contributed by atoms with Gasteiger partial charge in [0.05, 0.1) is 26.4 Å². The Bertz CT molecular complexity index is 3270. The number of fused-ring (bicyclic) bond motifs is 4. The average Bonchev–Trinajstić information content (AvgIpc) is 1.76. The van der Waals surface area contributed by atoms with Crippen molar-refractivity contribution in [2.24, 2.45) is 0 Å². The smallest absolute Gasteiger partial charge is 0.333 e. The molecule has 25 nitrogen and oxygen atoms in total. The van der Waals surface area contributed by atoms with E-state index in [0.29, 0.717) is 85.6 Å². The van der Waals surface area contributed by atoms with E-state index in [4.69, 9.17) is 88.9 Å². The van der Waals surface area contributed by atoms with Gasteiger partial charge >= 0.3 is 137 Å². The van der Waals surface area contributed by atoms with E-state index in [1.807, 2.05) is 0 Å². The van der Waals surface area contributed by atoms with Gasteiger partial charge in [-0.25, -0.2) is 19.2 Å². The first-order valence-electron chi connectivity index (χ1n) is 43.7. The Morgan fingerprint density at radius 3 is 1.28 bits per heavy atom. The number of carbonyl (C=O) groups is 4. The molecule has 0 aromatic heterocycles. The lowest BCUT2D eigenvalue weighted by molar-refractivity contribution is -0.139. The van der Waals surface area contributed by atoms with Crippen LogP contribution < -0.4 is 0 Å². The third kappa shape index (κ3) is 40.8. The van der Waals surface area contributed by atoms with Crippen LogP contribution in [-0.4, -0.2) is 224 Å². The van der Waals surface area contributed by atoms with Crippen molar-refractivity contribution < 1.29 is 108 Å². The van der Waals surface area contributed by atoms with Gasteiger partial charge in [0.25, 0.3) is 10.0 Å². The van der Waals surface area contributed by atoms with Crippen LogP contribution in [-0.2, 0) is 108 Å². The first-order valence-corrected chi connectivity index (χ1v) is 93.8. The van der Waals surface area contributed by atoms with E-state index in [9.17, 15) is 19.2 Å². The zero-order chi connectivity index (χ0) is 88.0. The zero-order valence-corrected chi connectivity index (χ0v) is 98.6. The Kier molecular flexibility index (Phi) is 43.1. The maximum atomic E-state index is 12.5. The van der Waals surface area contributed by atoms with Crippen molar-refractivity contribution in [1.29, 1.82) is 0 Å². The maximum absolute atomic E-state index is 12.5. The highest BCUT2D eigenvalue weighted by molar-refractivity contribution is 6.96. The van der Waals surface area contributed by atoms with Crippen LogP contribution in [0.3, 0.4) is 0 Å². The van der Waals surface area contributed by atoms with Crippen LogP contribution in [0.25, 0.3) is 0 Å². The molecule has 5 aliphatic heterocycles. The van der Waals surface area contributed by atoms with E-state index >= 15 is 0 Å². The summed E-state index contributed by atoms with van der Waals surface area (Å²) in [6.45, 7) is 72.8. The van der Waals surface area contributed by atoms with Crippen molar-refractivity contribution in [2.75, 3.05) is 26.4 Å². The van der Waals surface area contributed by atoms with E-state index in [-0.39, 0.29) is 24.5 Å². The number of unbranched alkanes of at least 4 members (excludes halogenated alkanes) is 6. The van der Waals surface area contributed by atoms with E-state index in [2.05, 4.69) is 170 Å². The number of ether oxygens (including phenoxy) is 4. The van der Waals surface area contributed by atoms with E-state index in [0.717, 1.165) is 142 Å². The zero-order valence-electron chi connectivity index (χ0n) is 77.6. The predicted octanol–water partition coefficient (Wildman–Crippen LogP) is 17.9. The standard InChI is InChI=1S/C72H160O25Si20/c1-65(2)69(73)77-43-33-31-38-51-113(27)92-109(23,57-48-99(9)81-98-82-100(10)49-58-116(30)95-114(28,52-39-32-34-44-78-70(74)66(3)4)94-115(29)53-41-42-55-117(96-115,97-116)54-40-36-46-80-72(76)68(7)8)83-101(47-37-35-45-79-71(75)67(5)6)84-112(26,93-113)64-61-106(17,18)89-107(19,20)88-105(15,16)60-63-111(25)86-102-50-56-103(11,12)87-104(13,14)59-62-110(24,85-102)90-108(21,22)91-111/h99-102H,1,3,5,7,31-64,98H2,2,4,6,8-30H3. The molecule has 0 saturated carbocycles. The van der Waals surface area contributed by atoms with Gasteiger partial charge in [0.2, 0.25) is 0 Å². The SMILES string of the molecule is C=C(C)C(=O)OCCCCC[Si]1(C)O[Si](C)(CC[SiH](C)O[SiH2]O[SiH](C)CC[Si]2(C)O[Si](C)(CCCCCOC(=O)C(=C)C)O[Si]3(C)CCCC[Si](CCCCOC(=O)C(=C)C)(O3)O2)O[SiH](CCCCOC(=O)C(=C)C)O[Si](C)(CC[Si](C)(C)O[Si](C)(C)O[Si](C)(C)CC[Si]2(C)O[SiH]3CC[Si](C)(C)O[Si](C)(C)CC[Si](C)(O3)O[Si](C)(C)O2)O1. The van der Waals surface area contributed by atoms with Gasteiger partial charge < -0.3 is 88.9 Å². The molecule has 5 fully saturated rings. The molecule has 13 unspecified atom stereocenters. The second-order valence-corrected chi connectivity index (χ2v) is 108. The molecule has 0 spiro atoms. The number of rotatable bonds is 46. The van der Waals surface area contributed by atoms with Crippen LogP contribution in [0, 0.1) is 0 Å². The molecule has 0 aliphatic carbocycles. The van der Waals surface area contributed by atoms with E-state index < -0.39 is 180 Å². The van der Waals surface area contributed by atoms with Crippen LogP contribution in [0.15, 0.2) is 48.6 Å². The highest BCUT2D eigenvalue weighted by Crippen LogP contribution is 2.46. The second-order valence-electron chi connectivity index (χ2n) is 38.9. The van der Waals surface area contributed by atoms with Crippen LogP contribution in [0.1, 0.15) is 105 Å². The quantitative estimate of drug-likeness (QED) is 0.0180. The predicted molar refractivity (Wildman–Crippen MR) is 516 cm³/mol. The highest BCUT2D eigenvalue weighted by atomic mass is 28.5. The molecule has 4 bridgehead atoms. The van der Waals surface area contributed by atoms with Crippen molar-refractivity contribution in [3.8, 4) is 0 Å². The van der Waals surface area contributed by atoms with Gasteiger partial charge in [-0.05, 0) is 319 Å². The molecule has 13 atom stereocenters. The molecule has 5 rings (SSSR count). The molecule has 45 heteroatoms. The molecule has 5 aliphatic rings. The molecule has 5 saturated heterocycles. The summed E-state index contributed by atoms with van der Waals surface area (Å²) in [6.07, 6.45) is 9.68. The lowest BCUT2D eigenvalue weighted by atomic mass is 10.3. The van der Waals surface area contributed by atoms with Crippen LogP contribution in [0.5, 0.6) is 0 Å². The van der Waals surface area contributed by atoms with Gasteiger partial charge in [-0.3, -0.25) is 0 Å². The molecule has 5 heterocycles. The fourth-order valence-corrected chi connectivity index (χ4v) is 124. The van der Waals surface area contributed by atoms with Crippen LogP contribution in [0.2, 0.25) is 253 Å². The van der Waals surface area contributed by atoms with Crippen molar-refractivity contribution in [3.63, 3.8) is 0 Å². The molecule has 0 aromatic carbocycles. The largest absolute Gasteiger partial charge is 0.462 e. The van der Waals surface area contributed by atoms with Gasteiger partial charge in [-0.2, -0.15) is 0 Å². The molecule has 0 radical (unpaired) electrons.